The van der Waals surface area contributed by atoms with Crippen molar-refractivity contribution in [2.75, 3.05) is 13.2 Å². The van der Waals surface area contributed by atoms with E-state index in [2.05, 4.69) is 5.32 Å². The Kier molecular flexibility index (Phi) is 3.58. The van der Waals surface area contributed by atoms with Crippen LogP contribution in [0.3, 0.4) is 0 Å². The van der Waals surface area contributed by atoms with Gasteiger partial charge in [0.15, 0.2) is 0 Å². The number of nitrogens with one attached hydrogen (secondary N) is 1. The number of benzene rings is 1. The summed E-state index contributed by atoms with van der Waals surface area (Å²) in [6, 6.07) is 3.77. The number of carbonyl (C=O) groups excluding carboxylic acids is 1. The van der Waals surface area contributed by atoms with Crippen molar-refractivity contribution < 1.29 is 19.0 Å². The van der Waals surface area contributed by atoms with Crippen molar-refractivity contribution in [3.8, 4) is 5.75 Å². The molecule has 1 atom stereocenters. The first-order chi connectivity index (χ1) is 8.18. The second-order valence-corrected chi connectivity index (χ2v) is 3.98. The molecule has 2 N–H and O–H groups in total. The molecule has 1 saturated heterocycles. The molecular formula is C12H14FNO3. The summed E-state index contributed by atoms with van der Waals surface area (Å²) in [7, 11) is 0. The average Bonchev–Trinajstić information content (AvgIpc) is 2.79. The first-order valence-electron chi connectivity index (χ1n) is 5.56. The molecule has 1 aliphatic heterocycles. The largest absolute Gasteiger partial charge is 0.507 e. The number of phenolic OH excluding ortho intramolecular Hbond substituents is 1. The van der Waals surface area contributed by atoms with Gasteiger partial charge in [0.25, 0.3) is 5.91 Å². The molecule has 0 aliphatic carbocycles. The normalized spacial score (nSPS) is 19.2. The molecule has 17 heavy (non-hydrogen) atoms. The van der Waals surface area contributed by atoms with Crippen molar-refractivity contribution in [2.24, 2.45) is 0 Å². The highest BCUT2D eigenvalue weighted by atomic mass is 19.1. The third-order valence-corrected chi connectivity index (χ3v) is 2.73. The molecule has 0 aromatic heterocycles. The number of hydrogen-bond acceptors (Lipinski definition) is 3. The van der Waals surface area contributed by atoms with Crippen molar-refractivity contribution >= 4 is 5.91 Å². The molecule has 2 rings (SSSR count). The Hall–Kier alpha value is -1.62. The Balaban J connectivity index is 1.99. The van der Waals surface area contributed by atoms with E-state index in [-0.39, 0.29) is 17.4 Å². The van der Waals surface area contributed by atoms with E-state index in [1.807, 2.05) is 0 Å². The number of halogens is 1. The van der Waals surface area contributed by atoms with E-state index < -0.39 is 11.7 Å². The molecule has 1 heterocycles. The minimum absolute atomic E-state index is 0.00661. The van der Waals surface area contributed by atoms with Crippen molar-refractivity contribution in [3.05, 3.63) is 29.6 Å². The first kappa shape index (κ1) is 11.9. The minimum atomic E-state index is -0.727. The molecule has 4 nitrogen and oxygen atoms in total. The number of aromatic hydroxyl groups is 1. The van der Waals surface area contributed by atoms with Gasteiger partial charge >= 0.3 is 0 Å². The van der Waals surface area contributed by atoms with Crippen molar-refractivity contribution in [1.29, 1.82) is 0 Å². The first-order valence-corrected chi connectivity index (χ1v) is 5.56. The van der Waals surface area contributed by atoms with Gasteiger partial charge in [-0.3, -0.25) is 4.79 Å². The van der Waals surface area contributed by atoms with Gasteiger partial charge in [-0.05, 0) is 25.0 Å². The fourth-order valence-corrected chi connectivity index (χ4v) is 1.84. The van der Waals surface area contributed by atoms with Gasteiger partial charge in [0.05, 0.1) is 6.10 Å². The van der Waals surface area contributed by atoms with Crippen molar-refractivity contribution in [3.63, 3.8) is 0 Å². The topological polar surface area (TPSA) is 58.6 Å². The van der Waals surface area contributed by atoms with Gasteiger partial charge in [-0.25, -0.2) is 4.39 Å². The summed E-state index contributed by atoms with van der Waals surface area (Å²) < 4.78 is 18.7. The van der Waals surface area contributed by atoms with Gasteiger partial charge in [-0.1, -0.05) is 6.07 Å². The fraction of sp³-hybridized carbons (Fsp3) is 0.417. The lowest BCUT2D eigenvalue weighted by molar-refractivity contribution is 0.0852. The number of carbonyl (C=O) groups is 1. The summed E-state index contributed by atoms with van der Waals surface area (Å²) in [5, 5.41) is 12.0. The van der Waals surface area contributed by atoms with E-state index >= 15 is 0 Å². The summed E-state index contributed by atoms with van der Waals surface area (Å²) in [6.07, 6.45) is 1.86. The summed E-state index contributed by atoms with van der Waals surface area (Å²) in [5.74, 6) is -1.69. The van der Waals surface area contributed by atoms with Crippen molar-refractivity contribution in [1.82, 2.24) is 5.32 Å². The van der Waals surface area contributed by atoms with Gasteiger partial charge in [0.1, 0.15) is 17.1 Å². The van der Waals surface area contributed by atoms with E-state index in [4.69, 9.17) is 4.74 Å². The molecule has 0 radical (unpaired) electrons. The lowest BCUT2D eigenvalue weighted by Gasteiger charge is -2.11. The Labute approximate surface area is 98.4 Å². The second kappa shape index (κ2) is 5.14. The zero-order valence-corrected chi connectivity index (χ0v) is 9.28. The van der Waals surface area contributed by atoms with Gasteiger partial charge in [0, 0.05) is 13.2 Å². The molecule has 1 unspecified atom stereocenters. The highest BCUT2D eigenvalue weighted by Crippen LogP contribution is 2.19. The summed E-state index contributed by atoms with van der Waals surface area (Å²) in [4.78, 5) is 11.7. The molecule has 1 aliphatic rings. The molecule has 1 fully saturated rings. The smallest absolute Gasteiger partial charge is 0.258 e. The van der Waals surface area contributed by atoms with Crippen LogP contribution in [0.25, 0.3) is 0 Å². The Bertz CT molecular complexity index is 396. The van der Waals surface area contributed by atoms with E-state index in [1.165, 1.54) is 12.1 Å². The second-order valence-electron chi connectivity index (χ2n) is 3.98. The number of phenols is 1. The van der Waals surface area contributed by atoms with Crippen molar-refractivity contribution in [2.45, 2.75) is 18.9 Å². The van der Waals surface area contributed by atoms with Gasteiger partial charge in [0.2, 0.25) is 0 Å². The predicted octanol–water partition coefficient (Wildman–Crippen LogP) is 1.44. The molecule has 0 bridgehead atoms. The molecule has 1 aromatic rings. The quantitative estimate of drug-likeness (QED) is 0.839. The molecule has 1 aromatic carbocycles. The summed E-state index contributed by atoms with van der Waals surface area (Å²) in [5.41, 5.74) is -0.314. The monoisotopic (exact) mass is 239 g/mol. The van der Waals surface area contributed by atoms with Gasteiger partial charge < -0.3 is 15.2 Å². The van der Waals surface area contributed by atoms with E-state index in [1.54, 1.807) is 0 Å². The maximum absolute atomic E-state index is 13.3. The predicted molar refractivity (Wildman–Crippen MR) is 59.4 cm³/mol. The highest BCUT2D eigenvalue weighted by molar-refractivity contribution is 5.97. The molecule has 1 amide bonds. The van der Waals surface area contributed by atoms with Crippen LogP contribution in [0, 0.1) is 5.82 Å². The van der Waals surface area contributed by atoms with E-state index in [0.717, 1.165) is 18.9 Å². The van der Waals surface area contributed by atoms with Crippen LogP contribution in [0.2, 0.25) is 0 Å². The van der Waals surface area contributed by atoms with E-state index in [9.17, 15) is 14.3 Å². The molecular weight excluding hydrogens is 225 g/mol. The third-order valence-electron chi connectivity index (χ3n) is 2.73. The third kappa shape index (κ3) is 2.74. The van der Waals surface area contributed by atoms with Crippen LogP contribution in [0.1, 0.15) is 23.2 Å². The van der Waals surface area contributed by atoms with Crippen LogP contribution in [-0.4, -0.2) is 30.3 Å². The molecule has 0 saturated carbocycles. The van der Waals surface area contributed by atoms with Crippen LogP contribution in [0.15, 0.2) is 18.2 Å². The number of rotatable bonds is 3. The Morgan fingerprint density at radius 2 is 2.41 bits per heavy atom. The molecule has 92 valence electrons. The fourth-order valence-electron chi connectivity index (χ4n) is 1.84. The lowest BCUT2D eigenvalue weighted by atomic mass is 10.1. The number of hydrogen-bond donors (Lipinski definition) is 2. The zero-order chi connectivity index (χ0) is 12.3. The maximum Gasteiger partial charge on any atom is 0.258 e. The number of amides is 1. The average molecular weight is 239 g/mol. The Morgan fingerprint density at radius 3 is 3.06 bits per heavy atom. The number of ether oxygens (including phenoxy) is 1. The minimum Gasteiger partial charge on any atom is -0.507 e. The van der Waals surface area contributed by atoms with Crippen LogP contribution in [0.5, 0.6) is 5.75 Å². The molecule has 0 spiro atoms. The van der Waals surface area contributed by atoms with Gasteiger partial charge in [-0.15, -0.1) is 0 Å². The summed E-state index contributed by atoms with van der Waals surface area (Å²) >= 11 is 0. The Morgan fingerprint density at radius 1 is 1.59 bits per heavy atom. The summed E-state index contributed by atoms with van der Waals surface area (Å²) in [6.45, 7) is 1.04. The SMILES string of the molecule is O=C(NCC1CCCO1)c1c(O)cccc1F. The van der Waals surface area contributed by atoms with Crippen LogP contribution >= 0.6 is 0 Å². The molecule has 5 heteroatoms. The van der Waals surface area contributed by atoms with Gasteiger partial charge in [-0.2, -0.15) is 0 Å². The van der Waals surface area contributed by atoms with Crippen LogP contribution in [-0.2, 0) is 4.74 Å². The zero-order valence-electron chi connectivity index (χ0n) is 9.28. The maximum atomic E-state index is 13.3. The van der Waals surface area contributed by atoms with Crippen LogP contribution in [0.4, 0.5) is 4.39 Å². The standard InChI is InChI=1S/C12H14FNO3/c13-9-4-1-5-10(15)11(9)12(16)14-7-8-3-2-6-17-8/h1,4-5,8,15H,2-3,6-7H2,(H,14,16). The van der Waals surface area contributed by atoms with E-state index in [0.29, 0.717) is 13.2 Å². The highest BCUT2D eigenvalue weighted by Gasteiger charge is 2.20. The lowest BCUT2D eigenvalue weighted by Crippen LogP contribution is -2.32. The van der Waals surface area contributed by atoms with Crippen LogP contribution < -0.4 is 5.32 Å².